The molecule has 0 amide bonds. The van der Waals surface area contributed by atoms with Gasteiger partial charge in [-0.3, -0.25) is 0 Å². The number of hydrogen-bond donors (Lipinski definition) is 0. The van der Waals surface area contributed by atoms with Gasteiger partial charge in [0.05, 0.1) is 11.7 Å². The largest absolute Gasteiger partial charge is 0.366 e. The molecule has 1 nitrogen and oxygen atoms in total. The van der Waals surface area contributed by atoms with Crippen LogP contribution >= 0.6 is 0 Å². The third kappa shape index (κ3) is 1.03. The van der Waals surface area contributed by atoms with Crippen LogP contribution in [0.2, 0.25) is 0 Å². The first-order valence-corrected chi connectivity index (χ1v) is 4.80. The van der Waals surface area contributed by atoms with Gasteiger partial charge in [-0.15, -0.1) is 0 Å². The molecule has 1 aliphatic carbocycles. The predicted molar refractivity (Wildman–Crippen MR) is 50.1 cm³/mol. The fourth-order valence-electron chi connectivity index (χ4n) is 2.19. The summed E-state index contributed by atoms with van der Waals surface area (Å²) in [5, 5.41) is 0. The molecule has 2 fully saturated rings. The van der Waals surface area contributed by atoms with Crippen LogP contribution in [0, 0.1) is 5.41 Å². The molecule has 0 spiro atoms. The monoisotopic (exact) mass is 166 g/mol. The number of allylic oxidation sites excluding steroid dienone is 1. The number of rotatable bonds is 1. The van der Waals surface area contributed by atoms with Crippen LogP contribution in [-0.2, 0) is 4.74 Å². The van der Waals surface area contributed by atoms with Gasteiger partial charge in [0.1, 0.15) is 0 Å². The van der Waals surface area contributed by atoms with Gasteiger partial charge in [-0.05, 0) is 38.5 Å². The highest BCUT2D eigenvalue weighted by atomic mass is 16.6. The Morgan fingerprint density at radius 1 is 1.42 bits per heavy atom. The van der Waals surface area contributed by atoms with Crippen molar-refractivity contribution in [2.24, 2.45) is 5.41 Å². The zero-order chi connectivity index (χ0) is 8.98. The van der Waals surface area contributed by atoms with Crippen LogP contribution in [0.3, 0.4) is 0 Å². The average Bonchev–Trinajstić information content (AvgIpc) is 2.60. The van der Waals surface area contributed by atoms with Gasteiger partial charge in [-0.25, -0.2) is 0 Å². The molecule has 0 radical (unpaired) electrons. The summed E-state index contributed by atoms with van der Waals surface area (Å²) >= 11 is 0. The van der Waals surface area contributed by atoms with Crippen LogP contribution < -0.4 is 0 Å². The predicted octanol–water partition coefficient (Wildman–Crippen LogP) is 2.91. The Balaban J connectivity index is 2.10. The first-order chi connectivity index (χ1) is 5.46. The van der Waals surface area contributed by atoms with Crippen LogP contribution in [0.25, 0.3) is 0 Å². The Morgan fingerprint density at radius 2 is 2.08 bits per heavy atom. The summed E-state index contributed by atoms with van der Waals surface area (Å²) in [5.41, 5.74) is 1.91. The molecular weight excluding hydrogens is 148 g/mol. The highest BCUT2D eigenvalue weighted by molar-refractivity contribution is 5.15. The van der Waals surface area contributed by atoms with Gasteiger partial charge in [0.2, 0.25) is 0 Å². The van der Waals surface area contributed by atoms with E-state index in [-0.39, 0.29) is 5.60 Å². The van der Waals surface area contributed by atoms with E-state index in [1.54, 1.807) is 0 Å². The molecule has 0 aromatic rings. The zero-order valence-electron chi connectivity index (χ0n) is 8.31. The highest BCUT2D eigenvalue weighted by Gasteiger charge is 2.58. The maximum Gasteiger partial charge on any atom is 0.0921 e. The van der Waals surface area contributed by atoms with Gasteiger partial charge in [0, 0.05) is 0 Å². The highest BCUT2D eigenvalue weighted by Crippen LogP contribution is 2.55. The molecule has 0 unspecified atom stereocenters. The van der Waals surface area contributed by atoms with E-state index in [0.717, 1.165) is 0 Å². The van der Waals surface area contributed by atoms with E-state index in [1.165, 1.54) is 24.8 Å². The lowest BCUT2D eigenvalue weighted by Gasteiger charge is -2.34. The third-order valence-electron chi connectivity index (χ3n) is 3.87. The topological polar surface area (TPSA) is 12.5 Å². The molecule has 3 atom stereocenters. The normalized spacial score (nSPS) is 51.4. The van der Waals surface area contributed by atoms with E-state index in [1.807, 2.05) is 0 Å². The molecule has 0 aromatic heterocycles. The Hall–Kier alpha value is -0.300. The van der Waals surface area contributed by atoms with Crippen molar-refractivity contribution in [1.29, 1.82) is 0 Å². The van der Waals surface area contributed by atoms with Crippen LogP contribution in [0.4, 0.5) is 0 Å². The standard InChI is InChI=1S/C11H18O/c1-8(2)10(3)5-6-11(4)9(7-10)12-11/h9H,1,5-7H2,2-4H3/t9-,10+,11+/m0/s1. The fraction of sp³-hybridized carbons (Fsp3) is 0.818. The van der Waals surface area contributed by atoms with Gasteiger partial charge in [0.15, 0.2) is 0 Å². The van der Waals surface area contributed by atoms with Crippen molar-refractivity contribution in [3.63, 3.8) is 0 Å². The molecule has 1 heteroatoms. The first-order valence-electron chi connectivity index (χ1n) is 4.80. The fourth-order valence-corrected chi connectivity index (χ4v) is 2.19. The number of ether oxygens (including phenoxy) is 1. The van der Waals surface area contributed by atoms with Crippen molar-refractivity contribution >= 4 is 0 Å². The van der Waals surface area contributed by atoms with Crippen molar-refractivity contribution in [2.75, 3.05) is 0 Å². The summed E-state index contributed by atoms with van der Waals surface area (Å²) in [5.74, 6) is 0. The molecule has 2 aliphatic rings. The maximum absolute atomic E-state index is 5.67. The number of fused-ring (bicyclic) bond motifs is 1. The second kappa shape index (κ2) is 2.14. The van der Waals surface area contributed by atoms with Crippen molar-refractivity contribution in [3.8, 4) is 0 Å². The molecule has 0 aromatic carbocycles. The maximum atomic E-state index is 5.67. The minimum atomic E-state index is 0.245. The van der Waals surface area contributed by atoms with Crippen LogP contribution in [0.1, 0.15) is 40.0 Å². The molecule has 0 N–H and O–H groups in total. The van der Waals surface area contributed by atoms with E-state index in [9.17, 15) is 0 Å². The molecule has 68 valence electrons. The molecule has 1 heterocycles. The SMILES string of the molecule is C=C(C)[C@]1(C)CC[C@@]2(C)O[C@H]2C1. The lowest BCUT2D eigenvalue weighted by atomic mass is 9.69. The number of epoxide rings is 1. The molecular formula is C11H18O. The van der Waals surface area contributed by atoms with Gasteiger partial charge >= 0.3 is 0 Å². The minimum absolute atomic E-state index is 0.245. The summed E-state index contributed by atoms with van der Waals surface area (Å²) in [6, 6.07) is 0. The molecule has 1 saturated heterocycles. The Kier molecular flexibility index (Phi) is 1.48. The lowest BCUT2D eigenvalue weighted by Crippen LogP contribution is -2.29. The third-order valence-corrected chi connectivity index (χ3v) is 3.87. The van der Waals surface area contributed by atoms with Crippen molar-refractivity contribution in [3.05, 3.63) is 12.2 Å². The Bertz CT molecular complexity index is 233. The van der Waals surface area contributed by atoms with E-state index in [0.29, 0.717) is 11.5 Å². The quantitative estimate of drug-likeness (QED) is 0.431. The average molecular weight is 166 g/mol. The zero-order valence-corrected chi connectivity index (χ0v) is 8.31. The molecule has 0 bridgehead atoms. The Labute approximate surface area is 74.8 Å². The second-order valence-corrected chi connectivity index (χ2v) is 4.96. The van der Waals surface area contributed by atoms with Gasteiger partial charge in [0.25, 0.3) is 0 Å². The molecule has 12 heavy (non-hydrogen) atoms. The molecule has 1 saturated carbocycles. The van der Waals surface area contributed by atoms with E-state index in [4.69, 9.17) is 4.74 Å². The van der Waals surface area contributed by atoms with Crippen molar-refractivity contribution in [2.45, 2.75) is 51.7 Å². The van der Waals surface area contributed by atoms with E-state index < -0.39 is 0 Å². The Morgan fingerprint density at radius 3 is 2.58 bits per heavy atom. The van der Waals surface area contributed by atoms with Gasteiger partial charge in [-0.2, -0.15) is 0 Å². The smallest absolute Gasteiger partial charge is 0.0921 e. The summed E-state index contributed by atoms with van der Waals surface area (Å²) in [4.78, 5) is 0. The molecule has 2 rings (SSSR count). The van der Waals surface area contributed by atoms with Gasteiger partial charge < -0.3 is 4.74 Å². The summed E-state index contributed by atoms with van der Waals surface area (Å²) in [6.45, 7) is 10.8. The summed E-state index contributed by atoms with van der Waals surface area (Å²) < 4.78 is 5.67. The van der Waals surface area contributed by atoms with Crippen LogP contribution in [0.15, 0.2) is 12.2 Å². The van der Waals surface area contributed by atoms with Gasteiger partial charge in [-0.1, -0.05) is 19.1 Å². The van der Waals surface area contributed by atoms with Crippen LogP contribution in [-0.4, -0.2) is 11.7 Å². The summed E-state index contributed by atoms with van der Waals surface area (Å²) in [6.07, 6.45) is 4.16. The van der Waals surface area contributed by atoms with E-state index in [2.05, 4.69) is 27.4 Å². The second-order valence-electron chi connectivity index (χ2n) is 4.96. The summed E-state index contributed by atoms with van der Waals surface area (Å²) in [7, 11) is 0. The van der Waals surface area contributed by atoms with Crippen molar-refractivity contribution < 1.29 is 4.74 Å². The minimum Gasteiger partial charge on any atom is -0.366 e. The van der Waals surface area contributed by atoms with E-state index >= 15 is 0 Å². The van der Waals surface area contributed by atoms with Crippen LogP contribution in [0.5, 0.6) is 0 Å². The molecule has 1 aliphatic heterocycles. The number of hydrogen-bond acceptors (Lipinski definition) is 1. The lowest BCUT2D eigenvalue weighted by molar-refractivity contribution is 0.266. The van der Waals surface area contributed by atoms with Crippen molar-refractivity contribution in [1.82, 2.24) is 0 Å². The first kappa shape index (κ1) is 8.31.